The highest BCUT2D eigenvalue weighted by Gasteiger charge is 2.23. The van der Waals surface area contributed by atoms with Gasteiger partial charge in [0, 0.05) is 18.5 Å². The van der Waals surface area contributed by atoms with Crippen LogP contribution in [0, 0.1) is 0 Å². The number of benzene rings is 1. The maximum atomic E-state index is 12.4. The fourth-order valence-electron chi connectivity index (χ4n) is 3.07. The second-order valence-corrected chi connectivity index (χ2v) is 8.28. The minimum atomic E-state index is -3.53. The minimum absolute atomic E-state index is 0.104. The van der Waals surface area contributed by atoms with Gasteiger partial charge in [-0.25, -0.2) is 8.42 Å². The summed E-state index contributed by atoms with van der Waals surface area (Å²) in [7, 11) is -3.53. The van der Waals surface area contributed by atoms with E-state index in [-0.39, 0.29) is 12.3 Å². The fourth-order valence-corrected chi connectivity index (χ4v) is 3.92. The van der Waals surface area contributed by atoms with Gasteiger partial charge in [0.25, 0.3) is 0 Å². The second-order valence-electron chi connectivity index (χ2n) is 6.37. The van der Waals surface area contributed by atoms with Gasteiger partial charge >= 0.3 is 0 Å². The van der Waals surface area contributed by atoms with Crippen LogP contribution in [0.2, 0.25) is 0 Å². The topological polar surface area (TPSA) is 85.2 Å². The molecule has 0 amide bonds. The summed E-state index contributed by atoms with van der Waals surface area (Å²) in [5, 5.41) is 8.44. The fraction of sp³-hybridized carbons (Fsp3) is 0.471. The Balaban J connectivity index is 1.97. The van der Waals surface area contributed by atoms with Crippen LogP contribution in [0.25, 0.3) is 0 Å². The van der Waals surface area contributed by atoms with Crippen LogP contribution in [0.1, 0.15) is 48.2 Å². The number of carbonyl (C=O) groups is 1. The molecular weight excluding hydrogens is 340 g/mol. The zero-order valence-corrected chi connectivity index (χ0v) is 15.3. The Morgan fingerprint density at radius 3 is 2.76 bits per heavy atom. The van der Waals surface area contributed by atoms with Crippen LogP contribution >= 0.6 is 0 Å². The van der Waals surface area contributed by atoms with Crippen LogP contribution in [-0.2, 0) is 29.5 Å². The van der Waals surface area contributed by atoms with Crippen LogP contribution in [0.15, 0.2) is 24.3 Å². The van der Waals surface area contributed by atoms with Crippen molar-refractivity contribution in [3.63, 3.8) is 0 Å². The number of sulfonamides is 1. The first-order valence-corrected chi connectivity index (χ1v) is 10.2. The monoisotopic (exact) mass is 362 g/mol. The zero-order valence-electron chi connectivity index (χ0n) is 14.5. The molecule has 0 saturated heterocycles. The molecule has 3 rings (SSSR count). The number of aromatic nitrogens is 3. The molecule has 1 aliphatic heterocycles. The van der Waals surface area contributed by atoms with Gasteiger partial charge in [-0.05, 0) is 31.9 Å². The van der Waals surface area contributed by atoms with Crippen molar-refractivity contribution < 1.29 is 13.2 Å². The number of hydrogen-bond acceptors (Lipinski definition) is 5. The van der Waals surface area contributed by atoms with E-state index in [0.29, 0.717) is 17.1 Å². The van der Waals surface area contributed by atoms with E-state index < -0.39 is 10.0 Å². The number of nitrogens with zero attached hydrogens (tertiary/aromatic N) is 4. The number of fused-ring (bicyclic) bond motifs is 1. The van der Waals surface area contributed by atoms with Gasteiger partial charge in [0.15, 0.2) is 11.6 Å². The van der Waals surface area contributed by atoms with E-state index in [4.69, 9.17) is 0 Å². The molecule has 7 nitrogen and oxygen atoms in total. The average Bonchev–Trinajstić information content (AvgIpc) is 2.77. The van der Waals surface area contributed by atoms with Gasteiger partial charge in [0.1, 0.15) is 5.82 Å². The lowest BCUT2D eigenvalue weighted by atomic mass is 10.1. The molecule has 0 bridgehead atoms. The van der Waals surface area contributed by atoms with Crippen LogP contribution < -0.4 is 4.31 Å². The largest absolute Gasteiger partial charge is 0.313 e. The Hall–Kier alpha value is -2.22. The van der Waals surface area contributed by atoms with E-state index in [0.717, 1.165) is 44.3 Å². The average molecular weight is 362 g/mol. The molecule has 0 aliphatic carbocycles. The molecular formula is C17H22N4O3S. The lowest BCUT2D eigenvalue weighted by Crippen LogP contribution is -2.31. The van der Waals surface area contributed by atoms with E-state index in [2.05, 4.69) is 10.2 Å². The third-order valence-corrected chi connectivity index (χ3v) is 5.55. The van der Waals surface area contributed by atoms with Crippen molar-refractivity contribution in [3.05, 3.63) is 41.5 Å². The van der Waals surface area contributed by atoms with Crippen molar-refractivity contribution in [1.82, 2.24) is 14.8 Å². The summed E-state index contributed by atoms with van der Waals surface area (Å²) in [5.41, 5.74) is 0.937. The number of carbonyl (C=O) groups excluding carboxylic acids is 1. The molecule has 2 heterocycles. The van der Waals surface area contributed by atoms with E-state index in [1.54, 1.807) is 24.3 Å². The molecule has 1 aromatic heterocycles. The molecule has 0 N–H and O–H groups in total. The van der Waals surface area contributed by atoms with Crippen LogP contribution in [0.4, 0.5) is 5.69 Å². The summed E-state index contributed by atoms with van der Waals surface area (Å²) in [4.78, 5) is 11.6. The molecule has 0 unspecified atom stereocenters. The molecule has 8 heteroatoms. The highest BCUT2D eigenvalue weighted by Crippen LogP contribution is 2.23. The molecule has 0 spiro atoms. The van der Waals surface area contributed by atoms with E-state index in [1.807, 2.05) is 4.57 Å². The van der Waals surface area contributed by atoms with Gasteiger partial charge in [0.05, 0.1) is 18.5 Å². The predicted octanol–water partition coefficient (Wildman–Crippen LogP) is 2.17. The molecule has 134 valence electrons. The summed E-state index contributed by atoms with van der Waals surface area (Å²) >= 11 is 0. The molecule has 1 aromatic carbocycles. The normalized spacial score (nSPS) is 14.6. The van der Waals surface area contributed by atoms with Crippen LogP contribution in [0.5, 0.6) is 0 Å². The predicted molar refractivity (Wildman–Crippen MR) is 95.1 cm³/mol. The first-order chi connectivity index (χ1) is 11.9. The Morgan fingerprint density at radius 2 is 2.04 bits per heavy atom. The Bertz CT molecular complexity index is 889. The minimum Gasteiger partial charge on any atom is -0.313 e. The SMILES string of the molecule is CC(=O)c1cccc(N(Cc2nnc3n2CCCCC3)S(C)(=O)=O)c1. The molecule has 25 heavy (non-hydrogen) atoms. The Morgan fingerprint density at radius 1 is 1.24 bits per heavy atom. The maximum Gasteiger partial charge on any atom is 0.232 e. The van der Waals surface area contributed by atoms with Gasteiger partial charge in [0.2, 0.25) is 10.0 Å². The molecule has 2 aromatic rings. The number of anilines is 1. The number of hydrogen-bond donors (Lipinski definition) is 0. The van der Waals surface area contributed by atoms with Gasteiger partial charge < -0.3 is 4.57 Å². The molecule has 0 fully saturated rings. The molecule has 0 radical (unpaired) electrons. The third kappa shape index (κ3) is 3.89. The number of Topliss-reactive ketones (excluding diaryl/α,β-unsaturated/α-hetero) is 1. The molecule has 1 aliphatic rings. The van der Waals surface area contributed by atoms with Crippen molar-refractivity contribution in [2.45, 2.75) is 45.7 Å². The third-order valence-electron chi connectivity index (χ3n) is 4.41. The van der Waals surface area contributed by atoms with Crippen molar-refractivity contribution in [2.24, 2.45) is 0 Å². The highest BCUT2D eigenvalue weighted by atomic mass is 32.2. The summed E-state index contributed by atoms with van der Waals surface area (Å²) in [6.07, 6.45) is 5.28. The maximum absolute atomic E-state index is 12.4. The summed E-state index contributed by atoms with van der Waals surface area (Å²) in [5.74, 6) is 1.45. The van der Waals surface area contributed by atoms with Gasteiger partial charge in [-0.1, -0.05) is 18.6 Å². The summed E-state index contributed by atoms with van der Waals surface area (Å²) in [6, 6.07) is 6.65. The van der Waals surface area contributed by atoms with Gasteiger partial charge in [-0.15, -0.1) is 10.2 Å². The second kappa shape index (κ2) is 6.95. The summed E-state index contributed by atoms with van der Waals surface area (Å²) in [6.45, 7) is 2.37. The Labute approximate surface area is 147 Å². The number of rotatable bonds is 5. The number of aryl methyl sites for hydroxylation is 1. The van der Waals surface area contributed by atoms with Gasteiger partial charge in [-0.2, -0.15) is 0 Å². The lowest BCUT2D eigenvalue weighted by Gasteiger charge is -2.22. The standard InChI is InChI=1S/C17H22N4O3S/c1-13(22)14-7-6-8-15(11-14)21(25(2,23)24)12-17-19-18-16-9-4-3-5-10-20(16)17/h6-8,11H,3-5,9-10,12H2,1-2H3. The van der Waals surface area contributed by atoms with Crippen LogP contribution in [-0.4, -0.2) is 35.2 Å². The first kappa shape index (κ1) is 17.6. The van der Waals surface area contributed by atoms with Crippen LogP contribution in [0.3, 0.4) is 0 Å². The van der Waals surface area contributed by atoms with E-state index in [9.17, 15) is 13.2 Å². The van der Waals surface area contributed by atoms with Crippen molar-refractivity contribution in [1.29, 1.82) is 0 Å². The van der Waals surface area contributed by atoms with Crippen molar-refractivity contribution in [2.75, 3.05) is 10.6 Å². The molecule has 0 saturated carbocycles. The first-order valence-electron chi connectivity index (χ1n) is 8.36. The van der Waals surface area contributed by atoms with E-state index in [1.165, 1.54) is 11.2 Å². The van der Waals surface area contributed by atoms with Crippen molar-refractivity contribution >= 4 is 21.5 Å². The summed E-state index contributed by atoms with van der Waals surface area (Å²) < 4.78 is 28.0. The van der Waals surface area contributed by atoms with E-state index >= 15 is 0 Å². The zero-order chi connectivity index (χ0) is 18.0. The quantitative estimate of drug-likeness (QED) is 0.761. The van der Waals surface area contributed by atoms with Gasteiger partial charge in [-0.3, -0.25) is 9.10 Å². The lowest BCUT2D eigenvalue weighted by molar-refractivity contribution is 0.101. The Kier molecular flexibility index (Phi) is 4.89. The molecule has 0 atom stereocenters. The number of ketones is 1. The highest BCUT2D eigenvalue weighted by molar-refractivity contribution is 7.92. The smallest absolute Gasteiger partial charge is 0.232 e. The van der Waals surface area contributed by atoms with Crippen molar-refractivity contribution in [3.8, 4) is 0 Å².